The Morgan fingerprint density at radius 1 is 1.14 bits per heavy atom. The molecule has 0 saturated carbocycles. The first kappa shape index (κ1) is 28.4. The Bertz CT molecular complexity index is 962. The lowest BCUT2D eigenvalue weighted by atomic mass is 10.0. The van der Waals surface area contributed by atoms with Crippen LogP contribution in [0.1, 0.15) is 38.2 Å². The molecule has 3 amide bonds. The van der Waals surface area contributed by atoms with Gasteiger partial charge in [0, 0.05) is 19.5 Å². The normalized spacial score (nSPS) is 17.5. The summed E-state index contributed by atoms with van der Waals surface area (Å²) in [5.74, 6) is -2.85. The number of aromatic hydroxyl groups is 1. The molecule has 1 aromatic carbocycles. The number of likely N-dealkylation sites (tertiary alicyclic amines) is 1. The van der Waals surface area contributed by atoms with Crippen LogP contribution in [0.5, 0.6) is 5.75 Å². The molecule has 2 rings (SSSR count). The number of phenolic OH excluding ortho intramolecular Hbond substituents is 1. The van der Waals surface area contributed by atoms with Gasteiger partial charge in [0.2, 0.25) is 17.7 Å². The molecule has 0 spiro atoms. The Kier molecular flexibility index (Phi) is 10.5. The lowest BCUT2D eigenvalue weighted by Crippen LogP contribution is -2.56. The van der Waals surface area contributed by atoms with E-state index < -0.39 is 47.9 Å². The summed E-state index contributed by atoms with van der Waals surface area (Å²) in [6, 6.07) is 2.09. The third kappa shape index (κ3) is 8.41. The summed E-state index contributed by atoms with van der Waals surface area (Å²) in [5.41, 5.74) is 16.9. The molecule has 13 nitrogen and oxygen atoms in total. The predicted molar refractivity (Wildman–Crippen MR) is 132 cm³/mol. The molecule has 1 heterocycles. The van der Waals surface area contributed by atoms with E-state index in [4.69, 9.17) is 17.2 Å². The molecule has 1 fully saturated rings. The SMILES string of the molecule is CC(N)C(=O)NC(CCCN=C(N)N)C(=O)N1CCCC1C(=O)NC(Cc1ccc(O)cc1)C(=O)O. The molecular formula is C23H35N7O6. The smallest absolute Gasteiger partial charge is 0.326 e. The van der Waals surface area contributed by atoms with E-state index in [1.54, 1.807) is 12.1 Å². The fourth-order valence-electron chi connectivity index (χ4n) is 3.90. The van der Waals surface area contributed by atoms with E-state index in [1.165, 1.54) is 24.0 Å². The summed E-state index contributed by atoms with van der Waals surface area (Å²) in [6.07, 6.45) is 1.51. The maximum Gasteiger partial charge on any atom is 0.326 e. The van der Waals surface area contributed by atoms with Crippen LogP contribution in [0.25, 0.3) is 0 Å². The minimum absolute atomic E-state index is 0.000117. The van der Waals surface area contributed by atoms with E-state index in [0.717, 1.165) is 0 Å². The Hall–Kier alpha value is -3.87. The second-order valence-corrected chi connectivity index (χ2v) is 8.76. The Labute approximate surface area is 209 Å². The maximum atomic E-state index is 13.4. The van der Waals surface area contributed by atoms with Gasteiger partial charge in [-0.25, -0.2) is 4.79 Å². The van der Waals surface area contributed by atoms with Crippen LogP contribution < -0.4 is 27.8 Å². The van der Waals surface area contributed by atoms with Gasteiger partial charge in [-0.1, -0.05) is 12.1 Å². The van der Waals surface area contributed by atoms with Crippen molar-refractivity contribution < 1.29 is 29.4 Å². The molecule has 0 aliphatic carbocycles. The van der Waals surface area contributed by atoms with Crippen molar-refractivity contribution in [2.75, 3.05) is 13.1 Å². The molecule has 36 heavy (non-hydrogen) atoms. The average molecular weight is 506 g/mol. The molecule has 198 valence electrons. The molecule has 1 aromatic rings. The van der Waals surface area contributed by atoms with Crippen LogP contribution in [0.4, 0.5) is 0 Å². The molecule has 1 aliphatic rings. The number of carbonyl (C=O) groups excluding carboxylic acids is 3. The molecule has 4 atom stereocenters. The van der Waals surface area contributed by atoms with Crippen molar-refractivity contribution in [3.8, 4) is 5.75 Å². The first-order valence-electron chi connectivity index (χ1n) is 11.7. The van der Waals surface area contributed by atoms with Crippen molar-refractivity contribution in [1.82, 2.24) is 15.5 Å². The highest BCUT2D eigenvalue weighted by atomic mass is 16.4. The number of aliphatic imine (C=N–C) groups is 1. The van der Waals surface area contributed by atoms with Gasteiger partial charge in [-0.2, -0.15) is 0 Å². The van der Waals surface area contributed by atoms with Crippen molar-refractivity contribution in [3.63, 3.8) is 0 Å². The molecule has 0 radical (unpaired) electrons. The summed E-state index contributed by atoms with van der Waals surface area (Å²) in [4.78, 5) is 55.6. The number of phenols is 1. The number of nitrogens with one attached hydrogen (secondary N) is 2. The highest BCUT2D eigenvalue weighted by Crippen LogP contribution is 2.20. The van der Waals surface area contributed by atoms with Crippen LogP contribution in [-0.2, 0) is 25.6 Å². The number of aliphatic carboxylic acids is 1. The summed E-state index contributed by atoms with van der Waals surface area (Å²) >= 11 is 0. The summed E-state index contributed by atoms with van der Waals surface area (Å²) in [5, 5.41) is 24.2. The molecule has 13 heteroatoms. The Balaban J connectivity index is 2.11. The van der Waals surface area contributed by atoms with Gasteiger partial charge in [-0.3, -0.25) is 19.4 Å². The molecule has 10 N–H and O–H groups in total. The van der Waals surface area contributed by atoms with Crippen molar-refractivity contribution in [1.29, 1.82) is 0 Å². The monoisotopic (exact) mass is 505 g/mol. The van der Waals surface area contributed by atoms with Crippen LogP contribution >= 0.6 is 0 Å². The molecule has 4 unspecified atom stereocenters. The van der Waals surface area contributed by atoms with Crippen LogP contribution in [-0.4, -0.2) is 82.0 Å². The number of carboxylic acids is 1. The number of carbonyl (C=O) groups is 4. The number of amides is 3. The summed E-state index contributed by atoms with van der Waals surface area (Å²) in [7, 11) is 0. The van der Waals surface area contributed by atoms with Crippen molar-refractivity contribution in [2.24, 2.45) is 22.2 Å². The largest absolute Gasteiger partial charge is 0.508 e. The van der Waals surface area contributed by atoms with E-state index in [1.807, 2.05) is 0 Å². The van der Waals surface area contributed by atoms with Gasteiger partial charge in [0.25, 0.3) is 0 Å². The zero-order valence-corrected chi connectivity index (χ0v) is 20.2. The lowest BCUT2D eigenvalue weighted by Gasteiger charge is -2.29. The highest BCUT2D eigenvalue weighted by Gasteiger charge is 2.38. The van der Waals surface area contributed by atoms with Gasteiger partial charge < -0.3 is 42.9 Å². The quantitative estimate of drug-likeness (QED) is 0.0982. The molecular weight excluding hydrogens is 470 g/mol. The number of carboxylic acid groups (broad SMARTS) is 1. The number of nitrogens with zero attached hydrogens (tertiary/aromatic N) is 2. The second kappa shape index (κ2) is 13.3. The minimum atomic E-state index is -1.23. The fraction of sp³-hybridized carbons (Fsp3) is 0.522. The van der Waals surface area contributed by atoms with E-state index >= 15 is 0 Å². The number of rotatable bonds is 12. The topological polar surface area (TPSA) is 226 Å². The summed E-state index contributed by atoms with van der Waals surface area (Å²) in [6.45, 7) is 2.02. The van der Waals surface area contributed by atoms with Crippen LogP contribution in [0.15, 0.2) is 29.3 Å². The van der Waals surface area contributed by atoms with Crippen LogP contribution in [0.2, 0.25) is 0 Å². The first-order chi connectivity index (χ1) is 17.0. The first-order valence-corrected chi connectivity index (χ1v) is 11.7. The average Bonchev–Trinajstić information content (AvgIpc) is 3.31. The third-order valence-corrected chi connectivity index (χ3v) is 5.80. The maximum absolute atomic E-state index is 13.4. The number of guanidine groups is 1. The number of nitrogens with two attached hydrogens (primary N) is 3. The highest BCUT2D eigenvalue weighted by molar-refractivity contribution is 5.94. The second-order valence-electron chi connectivity index (χ2n) is 8.76. The Morgan fingerprint density at radius 3 is 2.39 bits per heavy atom. The standard InChI is InChI=1S/C23H35N7O6/c1-13(24)19(32)28-16(4-2-10-27-23(25)26)21(34)30-11-3-5-18(30)20(33)29-17(22(35)36)12-14-6-8-15(31)9-7-14/h6-9,13,16-18,31H,2-5,10-12,24H2,1H3,(H,28,32)(H,29,33)(H,35,36)(H4,25,26,27). The van der Waals surface area contributed by atoms with Gasteiger partial charge >= 0.3 is 5.97 Å². The van der Waals surface area contributed by atoms with E-state index in [9.17, 15) is 29.4 Å². The lowest BCUT2D eigenvalue weighted by molar-refractivity contribution is -0.145. The molecule has 1 aliphatic heterocycles. The van der Waals surface area contributed by atoms with Gasteiger partial charge in [0.05, 0.1) is 6.04 Å². The number of benzene rings is 1. The van der Waals surface area contributed by atoms with Gasteiger partial charge in [0.1, 0.15) is 23.9 Å². The van der Waals surface area contributed by atoms with Crippen molar-refractivity contribution >= 4 is 29.7 Å². The van der Waals surface area contributed by atoms with E-state index in [-0.39, 0.29) is 37.6 Å². The molecule has 0 bridgehead atoms. The Morgan fingerprint density at radius 2 is 1.81 bits per heavy atom. The number of hydrogen-bond acceptors (Lipinski definition) is 7. The molecule has 0 aromatic heterocycles. The molecule has 1 saturated heterocycles. The zero-order chi connectivity index (χ0) is 26.8. The van der Waals surface area contributed by atoms with E-state index in [2.05, 4.69) is 15.6 Å². The fourth-order valence-corrected chi connectivity index (χ4v) is 3.90. The van der Waals surface area contributed by atoms with E-state index in [0.29, 0.717) is 24.8 Å². The summed E-state index contributed by atoms with van der Waals surface area (Å²) < 4.78 is 0. The van der Waals surface area contributed by atoms with Crippen molar-refractivity contribution in [2.45, 2.75) is 63.2 Å². The minimum Gasteiger partial charge on any atom is -0.508 e. The van der Waals surface area contributed by atoms with Gasteiger partial charge in [-0.05, 0) is 50.3 Å². The van der Waals surface area contributed by atoms with Crippen LogP contribution in [0.3, 0.4) is 0 Å². The number of hydrogen-bond donors (Lipinski definition) is 7. The van der Waals surface area contributed by atoms with Crippen molar-refractivity contribution in [3.05, 3.63) is 29.8 Å². The van der Waals surface area contributed by atoms with Gasteiger partial charge in [0.15, 0.2) is 5.96 Å². The zero-order valence-electron chi connectivity index (χ0n) is 20.2. The van der Waals surface area contributed by atoms with Gasteiger partial charge in [-0.15, -0.1) is 0 Å². The third-order valence-electron chi connectivity index (χ3n) is 5.80. The predicted octanol–water partition coefficient (Wildman–Crippen LogP) is -1.62. The van der Waals surface area contributed by atoms with Crippen LogP contribution in [0, 0.1) is 0 Å².